The number of hydrogen-bond donors (Lipinski definition) is 0. The topological polar surface area (TPSA) is 38.8 Å². The number of piperidine rings is 1. The van der Waals surface area contributed by atoms with E-state index in [1.54, 1.807) is 4.90 Å². The molecule has 0 radical (unpaired) electrons. The Balaban J connectivity index is 2.58. The number of carbonyl (C=O) groups is 1. The molecule has 1 atom stereocenters. The molecule has 5 heteroatoms. The number of ether oxygens (including phenoxy) is 2. The van der Waals surface area contributed by atoms with Crippen LogP contribution in [0.3, 0.4) is 0 Å². The first-order valence-electron chi connectivity index (χ1n) is 6.56. The summed E-state index contributed by atoms with van der Waals surface area (Å²) in [7, 11) is 0. The van der Waals surface area contributed by atoms with Gasteiger partial charge in [0.25, 0.3) is 0 Å². The van der Waals surface area contributed by atoms with Gasteiger partial charge in [-0.25, -0.2) is 4.79 Å². The van der Waals surface area contributed by atoms with Crippen molar-refractivity contribution >= 4 is 22.0 Å². The molecule has 0 aromatic carbocycles. The van der Waals surface area contributed by atoms with Gasteiger partial charge in [0, 0.05) is 11.0 Å². The van der Waals surface area contributed by atoms with Gasteiger partial charge >= 0.3 is 6.09 Å². The summed E-state index contributed by atoms with van der Waals surface area (Å²) in [5.41, 5.74) is -0.790. The molecule has 0 aromatic rings. The van der Waals surface area contributed by atoms with Crippen LogP contribution in [0.15, 0.2) is 11.1 Å². The summed E-state index contributed by atoms with van der Waals surface area (Å²) in [4.78, 5) is 13.8. The van der Waals surface area contributed by atoms with Gasteiger partial charge in [0.2, 0.25) is 0 Å². The van der Waals surface area contributed by atoms with Crippen LogP contribution in [-0.4, -0.2) is 41.9 Å². The zero-order valence-electron chi connectivity index (χ0n) is 12.3. The maximum absolute atomic E-state index is 12.1. The molecular weight excluding hydrogens is 310 g/mol. The minimum atomic E-state index is -0.462. The van der Waals surface area contributed by atoms with E-state index in [-0.39, 0.29) is 11.7 Å². The van der Waals surface area contributed by atoms with Gasteiger partial charge < -0.3 is 14.4 Å². The number of carbonyl (C=O) groups excluding carboxylic acids is 1. The van der Waals surface area contributed by atoms with E-state index >= 15 is 0 Å². The molecule has 1 rings (SSSR count). The van der Waals surface area contributed by atoms with Crippen LogP contribution in [0.5, 0.6) is 0 Å². The Kier molecular flexibility index (Phi) is 5.44. The minimum absolute atomic E-state index is 0.264. The molecular formula is C14H24BrNO3. The van der Waals surface area contributed by atoms with Gasteiger partial charge in [0.15, 0.2) is 0 Å². The largest absolute Gasteiger partial charge is 0.444 e. The zero-order chi connectivity index (χ0) is 14.7. The first-order chi connectivity index (χ1) is 8.61. The molecule has 0 aliphatic carbocycles. The second-order valence-electron chi connectivity index (χ2n) is 6.26. The van der Waals surface area contributed by atoms with Crippen LogP contribution in [0, 0.1) is 0 Å². The average molecular weight is 334 g/mol. The maximum atomic E-state index is 12.1. The summed E-state index contributed by atoms with van der Waals surface area (Å²) in [6.45, 7) is 13.2. The highest BCUT2D eigenvalue weighted by molar-refractivity contribution is 9.11. The van der Waals surface area contributed by atoms with Crippen molar-refractivity contribution in [2.45, 2.75) is 51.7 Å². The van der Waals surface area contributed by atoms with E-state index in [9.17, 15) is 4.79 Å². The fourth-order valence-corrected chi connectivity index (χ4v) is 2.17. The Hall–Kier alpha value is -0.550. The number of likely N-dealkylation sites (tertiary alicyclic amines) is 1. The standard InChI is InChI=1S/C14H24BrNO3/c1-11(15)9-18-14(5)7-6-8-16(10-14)12(17)19-13(2,3)4/h1,6-10H2,2-5H3. The molecule has 0 N–H and O–H groups in total. The van der Waals surface area contributed by atoms with Gasteiger partial charge in [-0.3, -0.25) is 0 Å². The van der Waals surface area contributed by atoms with Gasteiger partial charge in [-0.2, -0.15) is 0 Å². The second-order valence-corrected chi connectivity index (χ2v) is 7.38. The van der Waals surface area contributed by atoms with Crippen LogP contribution >= 0.6 is 15.9 Å². The Morgan fingerprint density at radius 2 is 2.11 bits per heavy atom. The van der Waals surface area contributed by atoms with E-state index < -0.39 is 5.60 Å². The Morgan fingerprint density at radius 1 is 1.47 bits per heavy atom. The van der Waals surface area contributed by atoms with Gasteiger partial charge in [-0.1, -0.05) is 22.5 Å². The number of hydrogen-bond acceptors (Lipinski definition) is 3. The molecule has 1 aliphatic heterocycles. The SMILES string of the molecule is C=C(Br)COC1(C)CCCN(C(=O)OC(C)(C)C)C1. The fraction of sp³-hybridized carbons (Fsp3) is 0.786. The van der Waals surface area contributed by atoms with Crippen LogP contribution in [0.1, 0.15) is 40.5 Å². The van der Waals surface area contributed by atoms with Gasteiger partial charge in [-0.05, 0) is 40.5 Å². The van der Waals surface area contributed by atoms with E-state index in [1.807, 2.05) is 27.7 Å². The van der Waals surface area contributed by atoms with Crippen molar-refractivity contribution in [2.75, 3.05) is 19.7 Å². The van der Waals surface area contributed by atoms with Gasteiger partial charge in [0.1, 0.15) is 5.60 Å². The quantitative estimate of drug-likeness (QED) is 0.790. The van der Waals surface area contributed by atoms with Gasteiger partial charge in [-0.15, -0.1) is 0 Å². The van der Waals surface area contributed by atoms with E-state index in [2.05, 4.69) is 22.5 Å². The lowest BCUT2D eigenvalue weighted by Crippen LogP contribution is -2.51. The van der Waals surface area contributed by atoms with Crippen molar-refractivity contribution in [3.63, 3.8) is 0 Å². The molecule has 4 nitrogen and oxygen atoms in total. The van der Waals surface area contributed by atoms with Crippen LogP contribution < -0.4 is 0 Å². The normalized spacial score (nSPS) is 24.2. The molecule has 1 aliphatic rings. The summed E-state index contributed by atoms with van der Waals surface area (Å²) in [5, 5.41) is 0. The Labute approximate surface area is 124 Å². The zero-order valence-corrected chi connectivity index (χ0v) is 13.9. The van der Waals surface area contributed by atoms with E-state index in [0.29, 0.717) is 13.2 Å². The number of halogens is 1. The fourth-order valence-electron chi connectivity index (χ4n) is 2.06. The van der Waals surface area contributed by atoms with Crippen molar-refractivity contribution < 1.29 is 14.3 Å². The first kappa shape index (κ1) is 16.5. The van der Waals surface area contributed by atoms with Crippen molar-refractivity contribution in [1.82, 2.24) is 4.90 Å². The third-order valence-corrected chi connectivity index (χ3v) is 3.12. The van der Waals surface area contributed by atoms with Crippen molar-refractivity contribution in [3.05, 3.63) is 11.1 Å². The summed E-state index contributed by atoms with van der Waals surface area (Å²) in [6, 6.07) is 0. The minimum Gasteiger partial charge on any atom is -0.444 e. The lowest BCUT2D eigenvalue weighted by molar-refractivity contribution is -0.0705. The predicted octanol–water partition coefficient (Wildman–Crippen LogP) is 3.70. The molecule has 1 amide bonds. The molecule has 110 valence electrons. The van der Waals surface area contributed by atoms with Crippen LogP contribution in [0.4, 0.5) is 4.79 Å². The number of rotatable bonds is 3. The molecule has 0 spiro atoms. The summed E-state index contributed by atoms with van der Waals surface area (Å²) < 4.78 is 12.1. The highest BCUT2D eigenvalue weighted by Crippen LogP contribution is 2.26. The summed E-state index contributed by atoms with van der Waals surface area (Å²) in [6.07, 6.45) is 1.59. The molecule has 0 saturated carbocycles. The molecule has 1 unspecified atom stereocenters. The Bertz CT molecular complexity index is 351. The maximum Gasteiger partial charge on any atom is 0.410 e. The van der Waals surface area contributed by atoms with Crippen LogP contribution in [0.25, 0.3) is 0 Å². The first-order valence-corrected chi connectivity index (χ1v) is 7.36. The molecule has 0 aromatic heterocycles. The molecule has 1 fully saturated rings. The van der Waals surface area contributed by atoms with E-state index in [0.717, 1.165) is 23.9 Å². The monoisotopic (exact) mass is 333 g/mol. The van der Waals surface area contributed by atoms with Gasteiger partial charge in [0.05, 0.1) is 18.8 Å². The van der Waals surface area contributed by atoms with Crippen LogP contribution in [0.2, 0.25) is 0 Å². The third kappa shape index (κ3) is 5.95. The lowest BCUT2D eigenvalue weighted by atomic mass is 9.95. The molecule has 1 saturated heterocycles. The highest BCUT2D eigenvalue weighted by atomic mass is 79.9. The van der Waals surface area contributed by atoms with E-state index in [1.165, 1.54) is 0 Å². The van der Waals surface area contributed by atoms with Crippen molar-refractivity contribution in [2.24, 2.45) is 0 Å². The summed E-state index contributed by atoms with van der Waals surface area (Å²) in [5.74, 6) is 0. The van der Waals surface area contributed by atoms with Crippen molar-refractivity contribution in [3.8, 4) is 0 Å². The number of amides is 1. The molecule has 1 heterocycles. The number of nitrogens with zero attached hydrogens (tertiary/aromatic N) is 1. The second kappa shape index (κ2) is 6.27. The average Bonchev–Trinajstić information content (AvgIpc) is 2.24. The van der Waals surface area contributed by atoms with Crippen LogP contribution in [-0.2, 0) is 9.47 Å². The molecule has 19 heavy (non-hydrogen) atoms. The smallest absolute Gasteiger partial charge is 0.410 e. The predicted molar refractivity (Wildman–Crippen MR) is 79.5 cm³/mol. The molecule has 0 bridgehead atoms. The Morgan fingerprint density at radius 3 is 2.63 bits per heavy atom. The summed E-state index contributed by atoms with van der Waals surface area (Å²) >= 11 is 3.28. The van der Waals surface area contributed by atoms with Crippen molar-refractivity contribution in [1.29, 1.82) is 0 Å². The third-order valence-electron chi connectivity index (χ3n) is 2.89. The van der Waals surface area contributed by atoms with E-state index in [4.69, 9.17) is 9.47 Å². The lowest BCUT2D eigenvalue weighted by Gasteiger charge is -2.40. The highest BCUT2D eigenvalue weighted by Gasteiger charge is 2.35.